The molecule has 5 heteroatoms. The van der Waals surface area contributed by atoms with Crippen molar-refractivity contribution in [2.24, 2.45) is 5.18 Å². The van der Waals surface area contributed by atoms with Crippen LogP contribution in [-0.4, -0.2) is 10.8 Å². The first-order valence-corrected chi connectivity index (χ1v) is 6.87. The number of hydrogen-bond donors (Lipinski definition) is 2. The van der Waals surface area contributed by atoms with Crippen LogP contribution in [0.5, 0.6) is 0 Å². The molecule has 0 aliphatic rings. The summed E-state index contributed by atoms with van der Waals surface area (Å²) in [6.07, 6.45) is 0.846. The molecule has 0 saturated heterocycles. The predicted molar refractivity (Wildman–Crippen MR) is 77.1 cm³/mol. The van der Waals surface area contributed by atoms with Crippen molar-refractivity contribution in [1.29, 1.82) is 0 Å². The smallest absolute Gasteiger partial charge is 0.134 e. The van der Waals surface area contributed by atoms with E-state index in [4.69, 9.17) is 5.73 Å². The molecular weight excluding hydrogens is 282 g/mol. The van der Waals surface area contributed by atoms with E-state index in [1.54, 1.807) is 6.07 Å². The second kappa shape index (κ2) is 5.82. The number of rotatable bonds is 2. The lowest BCUT2D eigenvalue weighted by Crippen LogP contribution is -1.93. The number of hydrogen-bond acceptors (Lipinski definition) is 3. The zero-order valence-corrected chi connectivity index (χ0v) is 11.8. The highest BCUT2D eigenvalue weighted by molar-refractivity contribution is 9.08. The maximum absolute atomic E-state index is 10.7. The number of nitrogens with one attached hydrogen (secondary N) is 1. The predicted octanol–water partition coefficient (Wildman–Crippen LogP) is 4.03. The van der Waals surface area contributed by atoms with E-state index in [1.165, 1.54) is 0 Å². The minimum Gasteiger partial charge on any atom is -0.398 e. The SMILES string of the molecule is CBr.CCc1c(N)cc(N=O)c2[nH]c(C)cc12. The van der Waals surface area contributed by atoms with Gasteiger partial charge < -0.3 is 10.7 Å². The number of nitrogens with zero attached hydrogens (tertiary/aromatic N) is 1. The van der Waals surface area contributed by atoms with Gasteiger partial charge in [0, 0.05) is 16.8 Å². The molecule has 1 aromatic heterocycles. The Bertz CT molecular complexity index is 534. The fourth-order valence-corrected chi connectivity index (χ4v) is 1.96. The van der Waals surface area contributed by atoms with Crippen molar-refractivity contribution in [3.05, 3.63) is 28.3 Å². The van der Waals surface area contributed by atoms with E-state index >= 15 is 0 Å². The van der Waals surface area contributed by atoms with Crippen LogP contribution in [0.3, 0.4) is 0 Å². The first-order valence-electron chi connectivity index (χ1n) is 5.29. The average Bonchev–Trinajstić information content (AvgIpc) is 2.72. The second-order valence-corrected chi connectivity index (χ2v) is 3.65. The number of nitrogen functional groups attached to an aromatic ring is 1. The molecule has 0 unspecified atom stereocenters. The molecule has 0 amide bonds. The van der Waals surface area contributed by atoms with Crippen LogP contribution in [0.1, 0.15) is 18.2 Å². The highest BCUT2D eigenvalue weighted by atomic mass is 79.9. The van der Waals surface area contributed by atoms with Gasteiger partial charge in [0.2, 0.25) is 0 Å². The van der Waals surface area contributed by atoms with Gasteiger partial charge in [-0.15, -0.1) is 4.91 Å². The van der Waals surface area contributed by atoms with Crippen LogP contribution in [0, 0.1) is 11.8 Å². The molecule has 2 aromatic rings. The quantitative estimate of drug-likeness (QED) is 0.499. The van der Waals surface area contributed by atoms with Gasteiger partial charge in [0.15, 0.2) is 0 Å². The minimum absolute atomic E-state index is 0.382. The van der Waals surface area contributed by atoms with E-state index in [9.17, 15) is 4.91 Å². The summed E-state index contributed by atoms with van der Waals surface area (Å²) in [5, 5.41) is 3.99. The van der Waals surface area contributed by atoms with Crippen LogP contribution in [0.4, 0.5) is 11.4 Å². The summed E-state index contributed by atoms with van der Waals surface area (Å²) in [5.74, 6) is 1.81. The Labute approximate surface area is 109 Å². The van der Waals surface area contributed by atoms with Crippen molar-refractivity contribution in [3.63, 3.8) is 0 Å². The lowest BCUT2D eigenvalue weighted by Gasteiger charge is -2.05. The molecule has 0 atom stereocenters. The Morgan fingerprint density at radius 3 is 2.59 bits per heavy atom. The van der Waals surface area contributed by atoms with Gasteiger partial charge in [-0.3, -0.25) is 0 Å². The minimum atomic E-state index is 0.382. The molecule has 3 N–H and O–H groups in total. The van der Waals surface area contributed by atoms with Crippen molar-refractivity contribution < 1.29 is 0 Å². The molecular formula is C12H16BrN3O. The molecule has 17 heavy (non-hydrogen) atoms. The van der Waals surface area contributed by atoms with E-state index in [0.717, 1.165) is 28.6 Å². The number of H-pyrrole nitrogens is 1. The molecule has 92 valence electrons. The van der Waals surface area contributed by atoms with Crippen LogP contribution in [-0.2, 0) is 6.42 Å². The van der Waals surface area contributed by atoms with Gasteiger partial charge in [-0.05, 0) is 42.1 Å². The van der Waals surface area contributed by atoms with E-state index < -0.39 is 0 Å². The van der Waals surface area contributed by atoms with Crippen LogP contribution in [0.2, 0.25) is 0 Å². The number of alkyl halides is 1. The van der Waals surface area contributed by atoms with E-state index in [-0.39, 0.29) is 0 Å². The number of aryl methyl sites for hydroxylation is 2. The Morgan fingerprint density at radius 1 is 1.41 bits per heavy atom. The fraction of sp³-hybridized carbons (Fsp3) is 0.333. The molecule has 0 spiro atoms. The van der Waals surface area contributed by atoms with Gasteiger partial charge in [-0.2, -0.15) is 0 Å². The molecule has 0 radical (unpaired) electrons. The lowest BCUT2D eigenvalue weighted by molar-refractivity contribution is 1.16. The molecule has 0 fully saturated rings. The highest BCUT2D eigenvalue weighted by Crippen LogP contribution is 2.33. The summed E-state index contributed by atoms with van der Waals surface area (Å²) in [6, 6.07) is 3.63. The van der Waals surface area contributed by atoms with Gasteiger partial charge in [-0.25, -0.2) is 0 Å². The molecule has 0 saturated carbocycles. The van der Waals surface area contributed by atoms with Crippen molar-refractivity contribution >= 4 is 38.2 Å². The summed E-state index contributed by atoms with van der Waals surface area (Å²) in [5.41, 5.74) is 9.76. The first-order chi connectivity index (χ1) is 8.17. The number of halogens is 1. The molecule has 0 aliphatic carbocycles. The van der Waals surface area contributed by atoms with E-state index in [0.29, 0.717) is 11.4 Å². The Balaban J connectivity index is 0.000000686. The molecule has 0 bridgehead atoms. The second-order valence-electron chi connectivity index (χ2n) is 3.65. The number of nitroso groups, excluding NO2 is 1. The standard InChI is InChI=1S/C11H13N3O.CH3Br/c1-3-7-8-4-6(2)13-11(8)10(14-15)5-9(7)12;1-2/h4-5,13H,3,12H2,1-2H3;1H3. The summed E-state index contributed by atoms with van der Waals surface area (Å²) in [6.45, 7) is 3.99. The van der Waals surface area contributed by atoms with Crippen molar-refractivity contribution in [2.75, 3.05) is 11.6 Å². The van der Waals surface area contributed by atoms with Crippen LogP contribution >= 0.6 is 15.9 Å². The van der Waals surface area contributed by atoms with Crippen molar-refractivity contribution in [2.45, 2.75) is 20.3 Å². The Hall–Kier alpha value is -1.36. The number of fused-ring (bicyclic) bond motifs is 1. The van der Waals surface area contributed by atoms with Gasteiger partial charge >= 0.3 is 0 Å². The number of aromatic nitrogens is 1. The fourth-order valence-electron chi connectivity index (χ4n) is 1.96. The highest BCUT2D eigenvalue weighted by Gasteiger charge is 2.11. The van der Waals surface area contributed by atoms with Gasteiger partial charge in [-0.1, -0.05) is 22.9 Å². The van der Waals surface area contributed by atoms with E-state index in [2.05, 4.69) is 26.1 Å². The Morgan fingerprint density at radius 2 is 2.06 bits per heavy atom. The van der Waals surface area contributed by atoms with Gasteiger partial charge in [0.1, 0.15) is 5.69 Å². The number of benzene rings is 1. The van der Waals surface area contributed by atoms with Gasteiger partial charge in [0.05, 0.1) is 5.52 Å². The van der Waals surface area contributed by atoms with E-state index in [1.807, 2.05) is 25.7 Å². The summed E-state index contributed by atoms with van der Waals surface area (Å²) >= 11 is 2.94. The number of nitrogens with two attached hydrogens (primary N) is 1. The third-order valence-corrected chi connectivity index (χ3v) is 2.63. The van der Waals surface area contributed by atoms with Crippen molar-refractivity contribution in [1.82, 2.24) is 4.98 Å². The largest absolute Gasteiger partial charge is 0.398 e. The monoisotopic (exact) mass is 297 g/mol. The summed E-state index contributed by atoms with van der Waals surface area (Å²) in [4.78, 5) is 13.8. The normalized spacial score (nSPS) is 9.88. The first kappa shape index (κ1) is 13.7. The summed E-state index contributed by atoms with van der Waals surface area (Å²) in [7, 11) is 0. The molecule has 1 heterocycles. The van der Waals surface area contributed by atoms with Crippen LogP contribution in [0.25, 0.3) is 10.9 Å². The third kappa shape index (κ3) is 2.49. The molecule has 0 aliphatic heterocycles. The lowest BCUT2D eigenvalue weighted by atomic mass is 10.0. The zero-order valence-electron chi connectivity index (χ0n) is 10.2. The average molecular weight is 298 g/mol. The number of aromatic amines is 1. The number of anilines is 1. The zero-order chi connectivity index (χ0) is 13.0. The van der Waals surface area contributed by atoms with Crippen molar-refractivity contribution in [3.8, 4) is 0 Å². The third-order valence-electron chi connectivity index (χ3n) is 2.63. The molecule has 2 rings (SSSR count). The molecule has 1 aromatic carbocycles. The Kier molecular flexibility index (Phi) is 4.69. The topological polar surface area (TPSA) is 71.2 Å². The van der Waals surface area contributed by atoms with Crippen LogP contribution < -0.4 is 5.73 Å². The van der Waals surface area contributed by atoms with Crippen LogP contribution in [0.15, 0.2) is 17.3 Å². The molecule has 4 nitrogen and oxygen atoms in total. The summed E-state index contributed by atoms with van der Waals surface area (Å²) < 4.78 is 0. The van der Waals surface area contributed by atoms with Gasteiger partial charge in [0.25, 0.3) is 0 Å². The maximum Gasteiger partial charge on any atom is 0.134 e. The maximum atomic E-state index is 10.7.